The third-order valence-electron chi connectivity index (χ3n) is 2.36. The van der Waals surface area contributed by atoms with Gasteiger partial charge in [0.1, 0.15) is 5.69 Å². The van der Waals surface area contributed by atoms with Crippen LogP contribution >= 0.6 is 0 Å². The molecule has 0 aliphatic heterocycles. The molecular weight excluding hydrogens is 182 g/mol. The zero-order chi connectivity index (χ0) is 10.1. The van der Waals surface area contributed by atoms with Crippen LogP contribution in [0.25, 0.3) is 6.08 Å². The first-order chi connectivity index (χ1) is 6.70. The van der Waals surface area contributed by atoms with Gasteiger partial charge in [0.25, 0.3) is 0 Å². The van der Waals surface area contributed by atoms with E-state index in [1.807, 2.05) is 6.08 Å². The molecule has 1 aromatic heterocycles. The fourth-order valence-electron chi connectivity index (χ4n) is 1.62. The van der Waals surface area contributed by atoms with E-state index in [1.165, 1.54) is 0 Å². The molecule has 0 atom stereocenters. The number of ether oxygens (including phenoxy) is 1. The smallest absolute Gasteiger partial charge is 0.352 e. The maximum atomic E-state index is 10.7. The van der Waals surface area contributed by atoms with E-state index in [0.29, 0.717) is 0 Å². The van der Waals surface area contributed by atoms with Gasteiger partial charge >= 0.3 is 5.97 Å². The number of allylic oxidation sites excluding steroid dienone is 1. The lowest BCUT2D eigenvalue weighted by Crippen LogP contribution is -2.00. The summed E-state index contributed by atoms with van der Waals surface area (Å²) < 4.78 is 5.12. The summed E-state index contributed by atoms with van der Waals surface area (Å²) in [4.78, 5) is 13.6. The predicted molar refractivity (Wildman–Crippen MR) is 51.1 cm³/mol. The van der Waals surface area contributed by atoms with Gasteiger partial charge in [0.15, 0.2) is 0 Å². The lowest BCUT2D eigenvalue weighted by Gasteiger charge is -2.11. The number of methoxy groups -OCH3 is 1. The number of aromatic nitrogens is 1. The van der Waals surface area contributed by atoms with Crippen molar-refractivity contribution in [2.45, 2.75) is 12.8 Å². The van der Waals surface area contributed by atoms with Gasteiger partial charge in [-0.15, -0.1) is 0 Å². The van der Waals surface area contributed by atoms with Gasteiger partial charge in [-0.05, 0) is 24.1 Å². The Labute approximate surface area is 81.2 Å². The number of aromatic amines is 1. The SMILES string of the molecule is COC1=Cc2cc(C(=O)O)[nH]c2CC1. The number of H-pyrrole nitrogens is 1. The van der Waals surface area contributed by atoms with Gasteiger partial charge in [-0.1, -0.05) is 0 Å². The Bertz CT molecular complexity index is 403. The summed E-state index contributed by atoms with van der Waals surface area (Å²) in [5.74, 6) is -0.0276. The Morgan fingerprint density at radius 1 is 1.57 bits per heavy atom. The second-order valence-corrected chi connectivity index (χ2v) is 3.24. The van der Waals surface area contributed by atoms with E-state index in [9.17, 15) is 4.79 Å². The number of carboxylic acids is 1. The van der Waals surface area contributed by atoms with Crippen molar-refractivity contribution < 1.29 is 14.6 Å². The first-order valence-electron chi connectivity index (χ1n) is 4.40. The van der Waals surface area contributed by atoms with Crippen LogP contribution in [0.5, 0.6) is 0 Å². The van der Waals surface area contributed by atoms with Crippen LogP contribution in [0.15, 0.2) is 11.8 Å². The molecule has 0 saturated heterocycles. The summed E-state index contributed by atoms with van der Waals surface area (Å²) >= 11 is 0. The van der Waals surface area contributed by atoms with Crippen LogP contribution in [0.2, 0.25) is 0 Å². The number of carbonyl (C=O) groups is 1. The van der Waals surface area contributed by atoms with Crippen LogP contribution < -0.4 is 0 Å². The summed E-state index contributed by atoms with van der Waals surface area (Å²) in [6.45, 7) is 0. The third-order valence-corrected chi connectivity index (χ3v) is 2.36. The van der Waals surface area contributed by atoms with Gasteiger partial charge < -0.3 is 14.8 Å². The van der Waals surface area contributed by atoms with Gasteiger partial charge in [0.2, 0.25) is 0 Å². The number of nitrogens with one attached hydrogen (secondary N) is 1. The van der Waals surface area contributed by atoms with E-state index in [1.54, 1.807) is 13.2 Å². The van der Waals surface area contributed by atoms with E-state index < -0.39 is 5.97 Å². The Hall–Kier alpha value is -1.71. The molecule has 1 aliphatic carbocycles. The summed E-state index contributed by atoms with van der Waals surface area (Å²) in [6, 6.07) is 1.63. The number of fused-ring (bicyclic) bond motifs is 1. The molecule has 0 saturated carbocycles. The highest BCUT2D eigenvalue weighted by Crippen LogP contribution is 2.24. The zero-order valence-electron chi connectivity index (χ0n) is 7.83. The molecule has 0 fully saturated rings. The number of carboxylic acid groups (broad SMARTS) is 1. The topological polar surface area (TPSA) is 62.3 Å². The third kappa shape index (κ3) is 1.39. The molecule has 2 rings (SSSR count). The van der Waals surface area contributed by atoms with Crippen LogP contribution in [0.4, 0.5) is 0 Å². The number of aryl methyl sites for hydroxylation is 1. The van der Waals surface area contributed by atoms with E-state index in [2.05, 4.69) is 4.98 Å². The lowest BCUT2D eigenvalue weighted by molar-refractivity contribution is 0.0691. The summed E-state index contributed by atoms with van der Waals surface area (Å²) in [5.41, 5.74) is 2.14. The molecule has 0 bridgehead atoms. The zero-order valence-corrected chi connectivity index (χ0v) is 7.83. The van der Waals surface area contributed by atoms with Gasteiger partial charge in [0, 0.05) is 12.1 Å². The minimum absolute atomic E-state index is 0.239. The summed E-state index contributed by atoms with van der Waals surface area (Å²) in [6.07, 6.45) is 3.51. The van der Waals surface area contributed by atoms with Gasteiger partial charge in [-0.25, -0.2) is 4.79 Å². The van der Waals surface area contributed by atoms with Crippen LogP contribution in [0.3, 0.4) is 0 Å². The normalized spacial score (nSPS) is 14.5. The second-order valence-electron chi connectivity index (χ2n) is 3.24. The van der Waals surface area contributed by atoms with Crippen molar-refractivity contribution >= 4 is 12.0 Å². The molecular formula is C10H11NO3. The lowest BCUT2D eigenvalue weighted by atomic mass is 10.0. The van der Waals surface area contributed by atoms with Crippen LogP contribution in [-0.4, -0.2) is 23.2 Å². The minimum Gasteiger partial charge on any atom is -0.501 e. The highest BCUT2D eigenvalue weighted by Gasteiger charge is 2.16. The molecule has 2 N–H and O–H groups in total. The Kier molecular flexibility index (Phi) is 2.04. The van der Waals surface area contributed by atoms with Crippen molar-refractivity contribution in [1.82, 2.24) is 4.98 Å². The van der Waals surface area contributed by atoms with Gasteiger partial charge in [-0.2, -0.15) is 0 Å². The maximum absolute atomic E-state index is 10.7. The standard InChI is InChI=1S/C10H11NO3/c1-14-7-2-3-8-6(4-7)5-9(11-8)10(12)13/h4-5,11H,2-3H2,1H3,(H,12,13). The Morgan fingerprint density at radius 3 is 3.00 bits per heavy atom. The highest BCUT2D eigenvalue weighted by atomic mass is 16.5. The van der Waals surface area contributed by atoms with Crippen molar-refractivity contribution in [3.8, 4) is 0 Å². The fourth-order valence-corrected chi connectivity index (χ4v) is 1.62. The molecule has 0 spiro atoms. The van der Waals surface area contributed by atoms with Crippen LogP contribution in [0.1, 0.15) is 28.2 Å². The molecule has 14 heavy (non-hydrogen) atoms. The molecule has 1 aliphatic rings. The number of aromatic carboxylic acids is 1. The Balaban J connectivity index is 2.39. The van der Waals surface area contributed by atoms with E-state index >= 15 is 0 Å². The predicted octanol–water partition coefficient (Wildman–Crippen LogP) is 1.65. The highest BCUT2D eigenvalue weighted by molar-refractivity contribution is 5.87. The molecule has 0 unspecified atom stereocenters. The fraction of sp³-hybridized carbons (Fsp3) is 0.300. The Morgan fingerprint density at radius 2 is 2.36 bits per heavy atom. The average molecular weight is 193 g/mol. The molecule has 1 heterocycles. The number of hydrogen-bond donors (Lipinski definition) is 2. The van der Waals surface area contributed by atoms with Crippen molar-refractivity contribution in [2.24, 2.45) is 0 Å². The monoisotopic (exact) mass is 193 g/mol. The quantitative estimate of drug-likeness (QED) is 0.750. The van der Waals surface area contributed by atoms with Crippen molar-refractivity contribution in [2.75, 3.05) is 7.11 Å². The second kappa shape index (κ2) is 3.21. The molecule has 0 amide bonds. The minimum atomic E-state index is -0.924. The molecule has 0 aromatic carbocycles. The molecule has 74 valence electrons. The summed E-state index contributed by atoms with van der Waals surface area (Å²) in [5, 5.41) is 8.77. The average Bonchev–Trinajstić information content (AvgIpc) is 2.59. The van der Waals surface area contributed by atoms with Crippen LogP contribution in [0, 0.1) is 0 Å². The first kappa shape index (κ1) is 8.87. The summed E-state index contributed by atoms with van der Waals surface area (Å²) in [7, 11) is 1.63. The van der Waals surface area contributed by atoms with Crippen molar-refractivity contribution in [3.05, 3.63) is 28.8 Å². The number of hydrogen-bond acceptors (Lipinski definition) is 2. The molecule has 0 radical (unpaired) electrons. The molecule has 1 aromatic rings. The van der Waals surface area contributed by atoms with Crippen molar-refractivity contribution in [1.29, 1.82) is 0 Å². The van der Waals surface area contributed by atoms with Crippen LogP contribution in [-0.2, 0) is 11.2 Å². The van der Waals surface area contributed by atoms with Crippen molar-refractivity contribution in [3.63, 3.8) is 0 Å². The largest absolute Gasteiger partial charge is 0.501 e. The van der Waals surface area contributed by atoms with Gasteiger partial charge in [-0.3, -0.25) is 0 Å². The van der Waals surface area contributed by atoms with E-state index in [0.717, 1.165) is 29.9 Å². The van der Waals surface area contributed by atoms with E-state index in [-0.39, 0.29) is 5.69 Å². The van der Waals surface area contributed by atoms with E-state index in [4.69, 9.17) is 9.84 Å². The molecule has 4 heteroatoms. The van der Waals surface area contributed by atoms with Gasteiger partial charge in [0.05, 0.1) is 12.9 Å². The first-order valence-corrected chi connectivity index (χ1v) is 4.40. The maximum Gasteiger partial charge on any atom is 0.352 e. The number of rotatable bonds is 2. The molecule has 4 nitrogen and oxygen atoms in total.